The minimum atomic E-state index is -0.568. The maximum absolute atomic E-state index is 13.3. The smallest absolute Gasteiger partial charge is 0.271 e. The first-order chi connectivity index (χ1) is 14.6. The van der Waals surface area contributed by atoms with Gasteiger partial charge in [-0.3, -0.25) is 9.59 Å². The van der Waals surface area contributed by atoms with E-state index in [0.29, 0.717) is 24.2 Å². The number of carbonyl (C=O) groups is 2. The summed E-state index contributed by atoms with van der Waals surface area (Å²) in [5, 5.41) is 13.4. The van der Waals surface area contributed by atoms with Crippen LogP contribution in [0.25, 0.3) is 5.65 Å². The van der Waals surface area contributed by atoms with Gasteiger partial charge in [-0.15, -0.1) is 0 Å². The summed E-state index contributed by atoms with van der Waals surface area (Å²) in [6, 6.07) is 13.1. The van der Waals surface area contributed by atoms with Gasteiger partial charge < -0.3 is 5.32 Å². The Morgan fingerprint density at radius 1 is 1.13 bits per heavy atom. The summed E-state index contributed by atoms with van der Waals surface area (Å²) in [7, 11) is 0. The van der Waals surface area contributed by atoms with E-state index in [1.54, 1.807) is 18.3 Å². The van der Waals surface area contributed by atoms with E-state index in [1.165, 1.54) is 15.7 Å². The van der Waals surface area contributed by atoms with Gasteiger partial charge in [0.15, 0.2) is 5.65 Å². The average molecular weight is 402 g/mol. The second kappa shape index (κ2) is 7.05. The molecule has 8 heteroatoms. The van der Waals surface area contributed by atoms with Crippen LogP contribution in [0.5, 0.6) is 0 Å². The zero-order chi connectivity index (χ0) is 20.7. The van der Waals surface area contributed by atoms with Gasteiger partial charge in [0.25, 0.3) is 11.8 Å². The van der Waals surface area contributed by atoms with Crippen LogP contribution >= 0.6 is 0 Å². The lowest BCUT2D eigenvalue weighted by molar-refractivity contribution is -0.125. The Bertz CT molecular complexity index is 1140. The summed E-state index contributed by atoms with van der Waals surface area (Å²) in [5.41, 5.74) is 2.12. The van der Waals surface area contributed by atoms with Gasteiger partial charge in [-0.25, -0.2) is 9.50 Å². The second-order valence-corrected chi connectivity index (χ2v) is 7.90. The Kier molecular flexibility index (Phi) is 4.34. The number of hydrogen-bond acceptors (Lipinski definition) is 5. The zero-order valence-corrected chi connectivity index (χ0v) is 16.7. The number of nitrogens with zero attached hydrogens (tertiary/aromatic N) is 5. The number of imidazole rings is 1. The molecule has 2 aromatic heterocycles. The number of nitrogens with one attached hydrogen (secondary N) is 1. The van der Waals surface area contributed by atoms with Crippen LogP contribution in [0.3, 0.4) is 0 Å². The predicted molar refractivity (Wildman–Crippen MR) is 112 cm³/mol. The standard InChI is InChI=1S/C22H22N6O2/c1-15-22(21(30)27(26-15)17-6-3-2-4-7-17)11-9-16(10-12-22)25-20(29)18-14-23-19-8-5-13-24-28(18)19/h2-8,13-14,16H,9-12H2,1H3,(H,25,29). The highest BCUT2D eigenvalue weighted by atomic mass is 16.2. The van der Waals surface area contributed by atoms with Crippen molar-refractivity contribution in [3.05, 3.63) is 60.6 Å². The molecule has 30 heavy (non-hydrogen) atoms. The van der Waals surface area contributed by atoms with Gasteiger partial charge in [-0.1, -0.05) is 18.2 Å². The fourth-order valence-electron chi connectivity index (χ4n) is 4.47. The Morgan fingerprint density at radius 2 is 1.90 bits per heavy atom. The number of carbonyl (C=O) groups excluding carboxylic acids is 2. The second-order valence-electron chi connectivity index (χ2n) is 7.90. The molecule has 2 aliphatic rings. The van der Waals surface area contributed by atoms with Crippen molar-refractivity contribution in [1.82, 2.24) is 19.9 Å². The molecule has 1 fully saturated rings. The van der Waals surface area contributed by atoms with E-state index in [4.69, 9.17) is 0 Å². The highest BCUT2D eigenvalue weighted by Gasteiger charge is 2.51. The van der Waals surface area contributed by atoms with Crippen LogP contribution in [0.4, 0.5) is 5.69 Å². The number of para-hydroxylation sites is 1. The summed E-state index contributed by atoms with van der Waals surface area (Å²) in [6.07, 6.45) is 5.94. The molecule has 1 N–H and O–H groups in total. The number of benzene rings is 1. The van der Waals surface area contributed by atoms with Gasteiger partial charge in [0.2, 0.25) is 0 Å². The average Bonchev–Trinajstić information content (AvgIpc) is 3.31. The molecule has 3 aromatic rings. The highest BCUT2D eigenvalue weighted by Crippen LogP contribution is 2.44. The molecule has 0 unspecified atom stereocenters. The molecule has 2 amide bonds. The molecular weight excluding hydrogens is 380 g/mol. The van der Waals surface area contributed by atoms with Crippen LogP contribution < -0.4 is 10.3 Å². The number of fused-ring (bicyclic) bond motifs is 1. The van der Waals surface area contributed by atoms with Crippen LogP contribution in [0.15, 0.2) is 60.0 Å². The van der Waals surface area contributed by atoms with Crippen LogP contribution in [0, 0.1) is 5.41 Å². The van der Waals surface area contributed by atoms with Gasteiger partial charge in [-0.2, -0.15) is 15.2 Å². The zero-order valence-electron chi connectivity index (χ0n) is 16.7. The lowest BCUT2D eigenvalue weighted by Crippen LogP contribution is -2.47. The molecule has 1 aliphatic carbocycles. The maximum atomic E-state index is 13.3. The van der Waals surface area contributed by atoms with Crippen molar-refractivity contribution >= 4 is 28.9 Å². The largest absolute Gasteiger partial charge is 0.348 e. The third-order valence-corrected chi connectivity index (χ3v) is 6.23. The van der Waals surface area contributed by atoms with Crippen molar-refractivity contribution in [3.63, 3.8) is 0 Å². The maximum Gasteiger partial charge on any atom is 0.271 e. The Balaban J connectivity index is 1.28. The molecule has 1 aliphatic heterocycles. The van der Waals surface area contributed by atoms with Crippen LogP contribution in [-0.2, 0) is 4.79 Å². The van der Waals surface area contributed by atoms with E-state index in [-0.39, 0.29) is 17.9 Å². The fraction of sp³-hybridized carbons (Fsp3) is 0.318. The molecule has 152 valence electrons. The predicted octanol–water partition coefficient (Wildman–Crippen LogP) is 2.81. The molecule has 5 rings (SSSR count). The summed E-state index contributed by atoms with van der Waals surface area (Å²) in [6.45, 7) is 1.93. The van der Waals surface area contributed by atoms with Crippen molar-refractivity contribution in [2.24, 2.45) is 10.5 Å². The Morgan fingerprint density at radius 3 is 2.67 bits per heavy atom. The number of hydrogen-bond donors (Lipinski definition) is 1. The van der Waals surface area contributed by atoms with E-state index >= 15 is 0 Å². The lowest BCUT2D eigenvalue weighted by Gasteiger charge is -2.36. The fourth-order valence-corrected chi connectivity index (χ4v) is 4.47. The van der Waals surface area contributed by atoms with Gasteiger partial charge in [0, 0.05) is 12.2 Å². The van der Waals surface area contributed by atoms with Crippen LogP contribution in [0.2, 0.25) is 0 Å². The number of hydrazone groups is 1. The summed E-state index contributed by atoms with van der Waals surface area (Å²) < 4.78 is 1.54. The third kappa shape index (κ3) is 2.87. The van der Waals surface area contributed by atoms with E-state index in [9.17, 15) is 9.59 Å². The first-order valence-corrected chi connectivity index (χ1v) is 10.1. The van der Waals surface area contributed by atoms with E-state index in [0.717, 1.165) is 24.2 Å². The van der Waals surface area contributed by atoms with E-state index in [1.807, 2.05) is 37.3 Å². The van der Waals surface area contributed by atoms with Crippen molar-refractivity contribution in [1.29, 1.82) is 0 Å². The number of aromatic nitrogens is 3. The van der Waals surface area contributed by atoms with Gasteiger partial charge in [-0.05, 0) is 56.9 Å². The molecule has 1 spiro atoms. The molecule has 1 saturated carbocycles. The molecule has 0 saturated heterocycles. The molecule has 3 heterocycles. The minimum Gasteiger partial charge on any atom is -0.348 e. The van der Waals surface area contributed by atoms with E-state index < -0.39 is 5.41 Å². The molecule has 0 bridgehead atoms. The summed E-state index contributed by atoms with van der Waals surface area (Å²) >= 11 is 0. The van der Waals surface area contributed by atoms with Crippen molar-refractivity contribution < 1.29 is 9.59 Å². The van der Waals surface area contributed by atoms with Gasteiger partial charge in [0.05, 0.1) is 23.0 Å². The normalized spacial score (nSPS) is 23.8. The number of amides is 2. The summed E-state index contributed by atoms with van der Waals surface area (Å²) in [4.78, 5) is 30.2. The van der Waals surface area contributed by atoms with Crippen molar-refractivity contribution in [2.45, 2.75) is 38.6 Å². The van der Waals surface area contributed by atoms with Gasteiger partial charge >= 0.3 is 0 Å². The molecule has 1 aromatic carbocycles. The van der Waals surface area contributed by atoms with Crippen molar-refractivity contribution in [3.8, 4) is 0 Å². The number of anilines is 1. The first-order valence-electron chi connectivity index (χ1n) is 10.1. The third-order valence-electron chi connectivity index (χ3n) is 6.23. The van der Waals surface area contributed by atoms with Crippen LogP contribution in [-0.4, -0.2) is 38.2 Å². The molecular formula is C22H22N6O2. The number of rotatable bonds is 3. The highest BCUT2D eigenvalue weighted by molar-refractivity contribution is 6.18. The monoisotopic (exact) mass is 402 g/mol. The van der Waals surface area contributed by atoms with E-state index in [2.05, 4.69) is 20.5 Å². The molecule has 8 nitrogen and oxygen atoms in total. The lowest BCUT2D eigenvalue weighted by atomic mass is 9.69. The minimum absolute atomic E-state index is 0.00348. The molecule has 0 radical (unpaired) electrons. The molecule has 0 atom stereocenters. The van der Waals surface area contributed by atoms with Crippen LogP contribution in [0.1, 0.15) is 43.1 Å². The topological polar surface area (TPSA) is 92.0 Å². The Labute approximate surface area is 173 Å². The van der Waals surface area contributed by atoms with Gasteiger partial charge in [0.1, 0.15) is 5.69 Å². The van der Waals surface area contributed by atoms with Crippen molar-refractivity contribution in [2.75, 3.05) is 5.01 Å². The first kappa shape index (κ1) is 18.5. The quantitative estimate of drug-likeness (QED) is 0.729. The Hall–Kier alpha value is -3.55. The summed E-state index contributed by atoms with van der Waals surface area (Å²) in [5.74, 6) is -0.168. The SMILES string of the molecule is CC1=NN(c2ccccc2)C(=O)C12CCC(NC(=O)c1cnc3cccnn13)CC2.